The van der Waals surface area contributed by atoms with Gasteiger partial charge < -0.3 is 45.4 Å². The SMILES string of the molecule is Cc1ccc(C(=O)O)c(Cl)n1.Cc1ccc(CO)c(Cl)n1.O=Cc1c(O)cccc1O.O=S(Cl)Cl.[2H]C(C)(C)n1nccc1-c1nc(C)ccc1CCl.[2H]C(C)(C)n1nccc1-c1nc(C)ccc1CO.[2H]C(C)(C)n1nccc1-c1nc(C)ccc1COc1cccc(O)c1C=O.[2H]C(C)(C)n1nccc1B(O)O. The van der Waals surface area contributed by atoms with Crippen LogP contribution in [0, 0.1) is 34.6 Å². The Morgan fingerprint density at radius 2 is 0.858 bits per heavy atom. The number of rotatable bonds is 17. The Bertz CT molecular complexity index is 4750. The number of phenolic OH excluding ortho intramolecular Hbond substituents is 3. The number of carboxylic acid groups (broad SMARTS) is 1. The second kappa shape index (κ2) is 44.5. The first-order chi connectivity index (χ1) is 51.4. The zero-order valence-electron chi connectivity index (χ0n) is 64.1. The largest absolute Gasteiger partial charge is 0.507 e. The van der Waals surface area contributed by atoms with Crippen molar-refractivity contribution in [3.05, 3.63) is 224 Å². The summed E-state index contributed by atoms with van der Waals surface area (Å²) in [7, 11) is 5.79. The molecule has 0 atom stereocenters. The van der Waals surface area contributed by atoms with E-state index in [1.165, 1.54) is 47.3 Å². The van der Waals surface area contributed by atoms with Crippen LogP contribution in [0.2, 0.25) is 10.3 Å². The van der Waals surface area contributed by atoms with Crippen LogP contribution in [0.4, 0.5) is 0 Å². The third-order valence-electron chi connectivity index (χ3n) is 14.1. The Labute approximate surface area is 647 Å². The number of pyridine rings is 5. The average Bonchev–Trinajstić information content (AvgIpc) is 1.59. The van der Waals surface area contributed by atoms with Gasteiger partial charge in [0.2, 0.25) is 9.23 Å². The maximum atomic E-state index is 11.2. The summed E-state index contributed by atoms with van der Waals surface area (Å²) in [5.74, 6) is -0.885. The van der Waals surface area contributed by atoms with E-state index in [4.69, 9.17) is 79.7 Å². The summed E-state index contributed by atoms with van der Waals surface area (Å²) < 4.78 is 53.1. The lowest BCUT2D eigenvalue weighted by atomic mass is 9.86. The molecule has 33 heteroatoms. The summed E-state index contributed by atoms with van der Waals surface area (Å²) in [6.07, 6.45) is 7.39. The normalized spacial score (nSPS) is 11.4. The minimum absolute atomic E-state index is 0.0391. The standard InChI is InChI=1S/C20H21N3O3.C13H16ClN3.C13H17N3O.C7H6ClNO2.C7H8ClNO.C7H6O3.C6H11BN2O2.Cl2OS/c1-13(2)23-17(9-10-21-23)20-15(8-7-14(3)22-20)12-26-19-6-4-5-18(25)16(19)11-24;1-9(2)17-12(6-7-15-17)13-11(8-14)5-4-10(3)16-13;1-9(2)16-12(6-7-14-16)13-11(8-17)5-4-10(3)15-13;1-4-2-3-5(7(10)11)6(8)9-4;1-5-2-3-6(4-10)7(8)9-5;8-4-5-6(9)2-1-3-7(5)10;1-5(2)9-6(7(10)11)3-4-8-9;1-4(2)3/h4-11,13,25H,12H2,1-3H3;4-7,9H,8H2,1-3H3;4-7,9,17H,8H2,1-3H3;2-3H,1H3,(H,10,11);2-3,10H,4H2,1H3;1-4,9-10H;3-5,10-11H,1-2H3;/i13D;2*9D;;;;5D;. The zero-order chi connectivity index (χ0) is 82.8. The number of benzene rings is 2. The number of aryl methyl sites for hydroxylation is 5. The van der Waals surface area contributed by atoms with Gasteiger partial charge in [0.25, 0.3) is 0 Å². The predicted molar refractivity (Wildman–Crippen MR) is 413 cm³/mol. The molecule has 0 amide bonds. The summed E-state index contributed by atoms with van der Waals surface area (Å²) in [6, 6.07) is 30.2. The number of nitrogens with zero attached hydrogens (tertiary/aromatic N) is 13. The quantitative estimate of drug-likeness (QED) is 0.0138. The van der Waals surface area contributed by atoms with Gasteiger partial charge in [0.05, 0.1) is 75.1 Å². The van der Waals surface area contributed by atoms with Gasteiger partial charge in [0.15, 0.2) is 12.6 Å². The van der Waals surface area contributed by atoms with Crippen molar-refractivity contribution >= 4 is 96.6 Å². The molecule has 0 fully saturated rings. The van der Waals surface area contributed by atoms with Gasteiger partial charge in [0.1, 0.15) is 39.9 Å². The van der Waals surface area contributed by atoms with Crippen molar-refractivity contribution in [1.29, 1.82) is 0 Å². The molecule has 0 aliphatic rings. The molecule has 0 saturated heterocycles. The number of hydrogen-bond donors (Lipinski definition) is 8. The van der Waals surface area contributed by atoms with Gasteiger partial charge in [-0.3, -0.25) is 43.3 Å². The number of carbonyl (C=O) groups excluding carboxylic acids is 2. The number of carbonyl (C=O) groups is 3. The molecule has 0 unspecified atom stereocenters. The summed E-state index contributed by atoms with van der Waals surface area (Å²) in [5, 5.41) is 88.8. The summed E-state index contributed by atoms with van der Waals surface area (Å²) >= 11 is 17.1. The van der Waals surface area contributed by atoms with Gasteiger partial charge >= 0.3 is 13.1 Å². The van der Waals surface area contributed by atoms with Gasteiger partial charge in [0, 0.05) is 121 Å². The smallest absolute Gasteiger partial charge is 0.507 e. The van der Waals surface area contributed by atoms with E-state index in [1.54, 1.807) is 119 Å². The van der Waals surface area contributed by atoms with Crippen LogP contribution in [0.3, 0.4) is 0 Å². The Balaban J connectivity index is 0.000000277. The number of ether oxygens (including phenoxy) is 1. The molecule has 9 aromatic heterocycles. The lowest BCUT2D eigenvalue weighted by Gasteiger charge is -2.15. The molecule has 0 radical (unpaired) electrons. The van der Waals surface area contributed by atoms with Crippen LogP contribution >= 0.6 is 56.2 Å². The van der Waals surface area contributed by atoms with E-state index in [1.807, 2.05) is 88.4 Å². The van der Waals surface area contributed by atoms with Crippen LogP contribution in [-0.2, 0) is 34.9 Å². The monoisotopic (exact) mass is 1570 g/mol. The lowest BCUT2D eigenvalue weighted by Crippen LogP contribution is -2.37. The van der Waals surface area contributed by atoms with Crippen molar-refractivity contribution in [2.45, 2.75) is 140 Å². The van der Waals surface area contributed by atoms with Crippen molar-refractivity contribution in [3.8, 4) is 57.2 Å². The van der Waals surface area contributed by atoms with E-state index >= 15 is 0 Å². The third-order valence-corrected chi connectivity index (χ3v) is 15.0. The number of aromatic hydroxyl groups is 3. The molecule has 11 aromatic rings. The number of carboxylic acids is 1. The van der Waals surface area contributed by atoms with Crippen LogP contribution < -0.4 is 10.3 Å². The van der Waals surface area contributed by atoms with E-state index in [9.17, 15) is 24.6 Å². The number of aliphatic hydroxyl groups is 2. The number of aldehydes is 2. The predicted octanol–water partition coefficient (Wildman–Crippen LogP) is 14.2. The van der Waals surface area contributed by atoms with Crippen LogP contribution in [-0.4, -0.2) is 135 Å². The third kappa shape index (κ3) is 27.2. The Hall–Kier alpha value is -9.46. The Morgan fingerprint density at radius 1 is 0.509 bits per heavy atom. The van der Waals surface area contributed by atoms with Crippen molar-refractivity contribution in [2.24, 2.45) is 0 Å². The molecular formula is C73H85BCl5N13O13S. The fourth-order valence-corrected chi connectivity index (χ4v) is 9.87. The molecule has 9 heterocycles. The number of hydrogen-bond acceptors (Lipinski definition) is 21. The van der Waals surface area contributed by atoms with E-state index in [-0.39, 0.29) is 64.5 Å². The maximum absolute atomic E-state index is 11.2. The summed E-state index contributed by atoms with van der Waals surface area (Å²) in [5.41, 5.74) is 12.1. The number of aliphatic hydroxyl groups excluding tert-OH is 2. The van der Waals surface area contributed by atoms with Gasteiger partial charge in [-0.05, 0) is 181 Å². The molecule has 11 rings (SSSR count). The van der Waals surface area contributed by atoms with Crippen molar-refractivity contribution in [3.63, 3.8) is 0 Å². The first-order valence-electron chi connectivity index (χ1n) is 33.7. The fraction of sp³-hybridized carbons (Fsp3) is 0.288. The Morgan fingerprint density at radius 3 is 1.23 bits per heavy atom. The molecule has 0 spiro atoms. The van der Waals surface area contributed by atoms with Crippen molar-refractivity contribution < 1.29 is 69.5 Å². The van der Waals surface area contributed by atoms with E-state index in [2.05, 4.69) is 66.7 Å². The average molecular weight is 1580 g/mol. The molecule has 0 bridgehead atoms. The van der Waals surface area contributed by atoms with Crippen molar-refractivity contribution in [2.75, 3.05) is 0 Å². The summed E-state index contributed by atoms with van der Waals surface area (Å²) in [6.45, 7) is 23.2. The van der Waals surface area contributed by atoms with Gasteiger partial charge in [-0.2, -0.15) is 20.4 Å². The number of alkyl halides is 1. The maximum Gasteiger partial charge on any atom is 0.507 e. The number of aromatic carboxylic acids is 1. The van der Waals surface area contributed by atoms with Gasteiger partial charge in [-0.25, -0.2) is 19.0 Å². The highest BCUT2D eigenvalue weighted by molar-refractivity contribution is 8.26. The van der Waals surface area contributed by atoms with E-state index < -0.39 is 46.4 Å². The molecular weight excluding hydrogens is 1490 g/mol. The molecule has 564 valence electrons. The molecule has 8 N–H and O–H groups in total. The van der Waals surface area contributed by atoms with Crippen LogP contribution in [0.1, 0.15) is 167 Å². The first kappa shape index (κ1) is 82.2. The fourth-order valence-electron chi connectivity index (χ4n) is 9.12. The van der Waals surface area contributed by atoms with Crippen LogP contribution in [0.5, 0.6) is 23.0 Å². The lowest BCUT2D eigenvalue weighted by molar-refractivity contribution is 0.0696. The minimum atomic E-state index is -1.67. The van der Waals surface area contributed by atoms with E-state index in [0.717, 1.165) is 56.5 Å². The Kier molecular flexibility index (Phi) is 34.5. The highest BCUT2D eigenvalue weighted by atomic mass is 36.0. The summed E-state index contributed by atoms with van der Waals surface area (Å²) in [4.78, 5) is 53.1. The second-order valence-corrected chi connectivity index (χ2v) is 26.7. The molecule has 106 heavy (non-hydrogen) atoms. The topological polar surface area (TPSA) is 375 Å². The first-order valence-corrected chi connectivity index (χ1v) is 35.8. The number of aromatic nitrogens is 13. The van der Waals surface area contributed by atoms with Gasteiger partial charge in [-0.1, -0.05) is 59.6 Å². The highest BCUT2D eigenvalue weighted by Crippen LogP contribution is 2.31. The molecule has 0 aliphatic heterocycles. The molecule has 26 nitrogen and oxygen atoms in total. The zero-order valence-corrected chi connectivity index (χ0v) is 64.7. The van der Waals surface area contributed by atoms with Crippen LogP contribution in [0.15, 0.2) is 146 Å². The number of phenols is 3. The van der Waals surface area contributed by atoms with E-state index in [0.29, 0.717) is 57.7 Å². The molecule has 2 aromatic carbocycles. The van der Waals surface area contributed by atoms with Crippen molar-refractivity contribution in [1.82, 2.24) is 64.0 Å². The van der Waals surface area contributed by atoms with Gasteiger partial charge in [-0.15, -0.1) is 11.6 Å². The molecule has 0 saturated carbocycles. The molecule has 0 aliphatic carbocycles. The highest BCUT2D eigenvalue weighted by Gasteiger charge is 2.20. The minimum Gasteiger partial charge on any atom is -0.507 e. The number of halogens is 5. The van der Waals surface area contributed by atoms with Crippen LogP contribution in [0.25, 0.3) is 34.2 Å². The second-order valence-electron chi connectivity index (χ2n) is 23.2.